The standard InChI is InChI=1S/C11H19N3/c1-11(2,12)8-10(13-3)9-4-6-14-7-5-9/h4-7,10,13H,8,12H2,1-3H3. The molecule has 0 aromatic carbocycles. The molecule has 3 N–H and O–H groups in total. The smallest absolute Gasteiger partial charge is 0.0335 e. The average molecular weight is 193 g/mol. The summed E-state index contributed by atoms with van der Waals surface area (Å²) in [5, 5.41) is 3.27. The number of pyridine rings is 1. The minimum atomic E-state index is -0.156. The molecule has 0 aliphatic heterocycles. The Kier molecular flexibility index (Phi) is 3.61. The summed E-state index contributed by atoms with van der Waals surface area (Å²) < 4.78 is 0. The second-order valence-corrected chi connectivity index (χ2v) is 4.31. The van der Waals surface area contributed by atoms with Crippen LogP contribution < -0.4 is 11.1 Å². The maximum Gasteiger partial charge on any atom is 0.0335 e. The van der Waals surface area contributed by atoms with Gasteiger partial charge in [0.15, 0.2) is 0 Å². The van der Waals surface area contributed by atoms with E-state index in [1.807, 2.05) is 45.4 Å². The second-order valence-electron chi connectivity index (χ2n) is 4.31. The molecule has 1 heterocycles. The van der Waals surface area contributed by atoms with Crippen LogP contribution in [0.15, 0.2) is 24.5 Å². The van der Waals surface area contributed by atoms with Gasteiger partial charge in [-0.25, -0.2) is 0 Å². The molecule has 1 atom stereocenters. The number of rotatable bonds is 4. The monoisotopic (exact) mass is 193 g/mol. The van der Waals surface area contributed by atoms with Gasteiger partial charge in [0.1, 0.15) is 0 Å². The van der Waals surface area contributed by atoms with Gasteiger partial charge in [-0.3, -0.25) is 4.98 Å². The second kappa shape index (κ2) is 4.53. The van der Waals surface area contributed by atoms with E-state index in [-0.39, 0.29) is 5.54 Å². The van der Waals surface area contributed by atoms with Crippen molar-refractivity contribution in [2.24, 2.45) is 5.73 Å². The zero-order chi connectivity index (χ0) is 10.6. The molecular formula is C11H19N3. The molecule has 0 spiro atoms. The lowest BCUT2D eigenvalue weighted by Gasteiger charge is -2.25. The van der Waals surface area contributed by atoms with E-state index in [4.69, 9.17) is 5.73 Å². The summed E-state index contributed by atoms with van der Waals surface area (Å²) in [4.78, 5) is 4.00. The molecule has 0 fully saturated rings. The van der Waals surface area contributed by atoms with Crippen molar-refractivity contribution in [3.63, 3.8) is 0 Å². The Morgan fingerprint density at radius 3 is 2.43 bits per heavy atom. The molecule has 0 aliphatic carbocycles. The van der Waals surface area contributed by atoms with E-state index >= 15 is 0 Å². The third-order valence-corrected chi connectivity index (χ3v) is 2.19. The van der Waals surface area contributed by atoms with Crippen molar-refractivity contribution in [1.82, 2.24) is 10.3 Å². The molecule has 3 nitrogen and oxygen atoms in total. The normalized spacial score (nSPS) is 14.0. The van der Waals surface area contributed by atoms with Crippen LogP contribution in [-0.4, -0.2) is 17.6 Å². The summed E-state index contributed by atoms with van der Waals surface area (Å²) in [6.07, 6.45) is 4.53. The largest absolute Gasteiger partial charge is 0.325 e. The van der Waals surface area contributed by atoms with Crippen molar-refractivity contribution in [3.8, 4) is 0 Å². The summed E-state index contributed by atoms with van der Waals surface area (Å²) in [6.45, 7) is 4.08. The van der Waals surface area contributed by atoms with Gasteiger partial charge in [-0.05, 0) is 45.0 Å². The van der Waals surface area contributed by atoms with Crippen LogP contribution in [0.2, 0.25) is 0 Å². The number of aromatic nitrogens is 1. The van der Waals surface area contributed by atoms with Crippen molar-refractivity contribution in [3.05, 3.63) is 30.1 Å². The lowest BCUT2D eigenvalue weighted by atomic mass is 9.92. The van der Waals surface area contributed by atoms with Crippen LogP contribution in [0.3, 0.4) is 0 Å². The molecule has 0 radical (unpaired) electrons. The van der Waals surface area contributed by atoms with Crippen LogP contribution in [0.1, 0.15) is 31.9 Å². The summed E-state index contributed by atoms with van der Waals surface area (Å²) in [5.74, 6) is 0. The van der Waals surface area contributed by atoms with Crippen LogP contribution in [0, 0.1) is 0 Å². The Balaban J connectivity index is 2.73. The molecule has 1 aromatic rings. The number of hydrogen-bond acceptors (Lipinski definition) is 3. The molecule has 1 aromatic heterocycles. The Morgan fingerprint density at radius 1 is 1.43 bits per heavy atom. The van der Waals surface area contributed by atoms with Gasteiger partial charge >= 0.3 is 0 Å². The lowest BCUT2D eigenvalue weighted by Crippen LogP contribution is -2.36. The molecule has 14 heavy (non-hydrogen) atoms. The highest BCUT2D eigenvalue weighted by Crippen LogP contribution is 2.20. The minimum absolute atomic E-state index is 0.156. The fourth-order valence-corrected chi connectivity index (χ4v) is 1.51. The molecule has 0 bridgehead atoms. The molecule has 78 valence electrons. The Morgan fingerprint density at radius 2 is 2.00 bits per heavy atom. The molecule has 0 aliphatic rings. The summed E-state index contributed by atoms with van der Waals surface area (Å²) >= 11 is 0. The quantitative estimate of drug-likeness (QED) is 0.761. The van der Waals surface area contributed by atoms with Crippen molar-refractivity contribution >= 4 is 0 Å². The first-order valence-electron chi connectivity index (χ1n) is 4.89. The molecule has 3 heteroatoms. The van der Waals surface area contributed by atoms with E-state index in [1.54, 1.807) is 0 Å². The molecule has 1 unspecified atom stereocenters. The Labute approximate surface area is 85.7 Å². The first-order chi connectivity index (χ1) is 6.53. The minimum Gasteiger partial charge on any atom is -0.325 e. The molecule has 0 saturated heterocycles. The Hall–Kier alpha value is -0.930. The summed E-state index contributed by atoms with van der Waals surface area (Å²) in [7, 11) is 1.96. The van der Waals surface area contributed by atoms with Gasteiger partial charge in [-0.15, -0.1) is 0 Å². The van der Waals surface area contributed by atoms with Gasteiger partial charge in [-0.2, -0.15) is 0 Å². The average Bonchev–Trinajstić information content (AvgIpc) is 2.14. The third kappa shape index (κ3) is 3.44. The third-order valence-electron chi connectivity index (χ3n) is 2.19. The Bertz CT molecular complexity index is 264. The lowest BCUT2D eigenvalue weighted by molar-refractivity contribution is 0.396. The molecule has 0 saturated carbocycles. The van der Waals surface area contributed by atoms with Crippen molar-refractivity contribution in [2.75, 3.05) is 7.05 Å². The SMILES string of the molecule is CNC(CC(C)(C)N)c1ccncc1. The highest BCUT2D eigenvalue weighted by atomic mass is 14.9. The van der Waals surface area contributed by atoms with Gasteiger partial charge in [0.25, 0.3) is 0 Å². The molecular weight excluding hydrogens is 174 g/mol. The summed E-state index contributed by atoms with van der Waals surface area (Å²) in [5.41, 5.74) is 7.07. The van der Waals surface area contributed by atoms with E-state index < -0.39 is 0 Å². The fraction of sp³-hybridized carbons (Fsp3) is 0.545. The molecule has 0 amide bonds. The van der Waals surface area contributed by atoms with E-state index in [9.17, 15) is 0 Å². The zero-order valence-corrected chi connectivity index (χ0v) is 9.12. The first kappa shape index (κ1) is 11.1. The predicted molar refractivity (Wildman–Crippen MR) is 58.9 cm³/mol. The van der Waals surface area contributed by atoms with Crippen LogP contribution in [0.4, 0.5) is 0 Å². The maximum absolute atomic E-state index is 5.99. The van der Waals surface area contributed by atoms with E-state index in [2.05, 4.69) is 10.3 Å². The maximum atomic E-state index is 5.99. The van der Waals surface area contributed by atoms with Gasteiger partial charge in [0.2, 0.25) is 0 Å². The van der Waals surface area contributed by atoms with Gasteiger partial charge in [-0.1, -0.05) is 0 Å². The van der Waals surface area contributed by atoms with Gasteiger partial charge < -0.3 is 11.1 Å². The van der Waals surface area contributed by atoms with Crippen molar-refractivity contribution < 1.29 is 0 Å². The van der Waals surface area contributed by atoms with Crippen LogP contribution in [0.25, 0.3) is 0 Å². The first-order valence-corrected chi connectivity index (χ1v) is 4.89. The highest BCUT2D eigenvalue weighted by molar-refractivity contribution is 5.15. The van der Waals surface area contributed by atoms with Crippen LogP contribution in [0.5, 0.6) is 0 Å². The van der Waals surface area contributed by atoms with Gasteiger partial charge in [0, 0.05) is 24.0 Å². The van der Waals surface area contributed by atoms with Crippen molar-refractivity contribution in [2.45, 2.75) is 31.8 Å². The highest BCUT2D eigenvalue weighted by Gasteiger charge is 2.18. The molecule has 1 rings (SSSR count). The summed E-state index contributed by atoms with van der Waals surface area (Å²) in [6, 6.07) is 4.35. The number of nitrogens with one attached hydrogen (secondary N) is 1. The fourth-order valence-electron chi connectivity index (χ4n) is 1.51. The predicted octanol–water partition coefficient (Wildman–Crippen LogP) is 1.47. The van der Waals surface area contributed by atoms with Gasteiger partial charge in [0.05, 0.1) is 0 Å². The van der Waals surface area contributed by atoms with E-state index in [0.29, 0.717) is 6.04 Å². The topological polar surface area (TPSA) is 50.9 Å². The zero-order valence-electron chi connectivity index (χ0n) is 9.12. The van der Waals surface area contributed by atoms with Crippen molar-refractivity contribution in [1.29, 1.82) is 0 Å². The van der Waals surface area contributed by atoms with E-state index in [1.165, 1.54) is 5.56 Å². The van der Waals surface area contributed by atoms with E-state index in [0.717, 1.165) is 6.42 Å². The number of nitrogens with zero attached hydrogens (tertiary/aromatic N) is 1. The van der Waals surface area contributed by atoms with Crippen LogP contribution in [-0.2, 0) is 0 Å². The van der Waals surface area contributed by atoms with Crippen LogP contribution >= 0.6 is 0 Å². The number of hydrogen-bond donors (Lipinski definition) is 2. The number of nitrogens with two attached hydrogens (primary N) is 1.